The van der Waals surface area contributed by atoms with Crippen LogP contribution in [0.3, 0.4) is 0 Å². The van der Waals surface area contributed by atoms with E-state index in [0.717, 1.165) is 15.8 Å². The molecule has 0 saturated heterocycles. The van der Waals surface area contributed by atoms with Gasteiger partial charge in [-0.3, -0.25) is 0 Å². The maximum Gasteiger partial charge on any atom is 0.183 e. The molecule has 0 aliphatic carbocycles. The number of hydrogen-bond acceptors (Lipinski definition) is 2. The molecule has 0 aliphatic rings. The summed E-state index contributed by atoms with van der Waals surface area (Å²) in [4.78, 5) is 0. The second-order valence-corrected chi connectivity index (χ2v) is 6.06. The van der Waals surface area contributed by atoms with Crippen molar-refractivity contribution in [3.63, 3.8) is 0 Å². The van der Waals surface area contributed by atoms with Gasteiger partial charge in [0.05, 0.1) is 11.0 Å². The van der Waals surface area contributed by atoms with Gasteiger partial charge in [-0.25, -0.2) is 4.39 Å². The topological polar surface area (TPSA) is 25.2 Å². The maximum atomic E-state index is 13.5. The molecular formula is C14H14Br2FNO. The molecule has 0 amide bonds. The summed E-state index contributed by atoms with van der Waals surface area (Å²) in [6, 6.07) is 5.64. The summed E-state index contributed by atoms with van der Waals surface area (Å²) in [6.07, 6.45) is 0. The molecule has 2 aromatic rings. The quantitative estimate of drug-likeness (QED) is 0.807. The Hall–Kier alpha value is -0.650. The van der Waals surface area contributed by atoms with Crippen LogP contribution >= 0.6 is 31.9 Å². The van der Waals surface area contributed by atoms with Crippen molar-refractivity contribution in [3.8, 4) is 0 Å². The molecule has 0 saturated carbocycles. The number of aryl methyl sites for hydroxylation is 2. The van der Waals surface area contributed by atoms with E-state index in [2.05, 4.69) is 37.2 Å². The highest BCUT2D eigenvalue weighted by atomic mass is 79.9. The van der Waals surface area contributed by atoms with Crippen LogP contribution in [0.1, 0.15) is 22.5 Å². The molecule has 0 radical (unpaired) electrons. The van der Waals surface area contributed by atoms with Gasteiger partial charge in [0.1, 0.15) is 11.6 Å². The molecule has 5 heteroatoms. The number of furan rings is 1. The van der Waals surface area contributed by atoms with Crippen molar-refractivity contribution >= 4 is 31.9 Å². The number of halogens is 3. The Bertz CT molecular complexity index is 553. The van der Waals surface area contributed by atoms with Crippen LogP contribution in [0.5, 0.6) is 0 Å². The minimum atomic E-state index is -0.123. The molecule has 1 N–H and O–H groups in total. The Labute approximate surface area is 128 Å². The largest absolute Gasteiger partial charge is 0.452 e. The first kappa shape index (κ1) is 14.8. The number of rotatable bonds is 4. The molecule has 0 bridgehead atoms. The van der Waals surface area contributed by atoms with Crippen LogP contribution in [-0.2, 0) is 13.1 Å². The molecule has 1 aromatic heterocycles. The van der Waals surface area contributed by atoms with Crippen LogP contribution in [0.25, 0.3) is 0 Å². The highest BCUT2D eigenvalue weighted by Crippen LogP contribution is 2.26. The molecule has 19 heavy (non-hydrogen) atoms. The Morgan fingerprint density at radius 3 is 2.26 bits per heavy atom. The van der Waals surface area contributed by atoms with Gasteiger partial charge in [-0.1, -0.05) is 12.1 Å². The van der Waals surface area contributed by atoms with E-state index >= 15 is 0 Å². The summed E-state index contributed by atoms with van der Waals surface area (Å²) in [7, 11) is 0. The van der Waals surface area contributed by atoms with Crippen LogP contribution in [0.4, 0.5) is 4.39 Å². The second kappa shape index (κ2) is 6.20. The third-order valence-electron chi connectivity index (χ3n) is 2.82. The molecule has 102 valence electrons. The monoisotopic (exact) mass is 389 g/mol. The first-order valence-corrected chi connectivity index (χ1v) is 7.46. The van der Waals surface area contributed by atoms with Gasteiger partial charge in [0.25, 0.3) is 0 Å². The molecule has 2 rings (SSSR count). The third-order valence-corrected chi connectivity index (χ3v) is 4.53. The molecule has 0 fully saturated rings. The number of nitrogens with one attached hydrogen (secondary N) is 1. The van der Waals surface area contributed by atoms with Crippen LogP contribution in [0, 0.1) is 19.7 Å². The van der Waals surface area contributed by atoms with E-state index in [-0.39, 0.29) is 5.82 Å². The Balaban J connectivity index is 1.96. The molecule has 1 aromatic carbocycles. The van der Waals surface area contributed by atoms with E-state index in [9.17, 15) is 4.39 Å². The van der Waals surface area contributed by atoms with Gasteiger partial charge in [-0.05, 0) is 68.5 Å². The van der Waals surface area contributed by atoms with Crippen LogP contribution in [-0.4, -0.2) is 0 Å². The van der Waals surface area contributed by atoms with Crippen LogP contribution < -0.4 is 5.32 Å². The lowest BCUT2D eigenvalue weighted by Gasteiger charge is -2.07. The van der Waals surface area contributed by atoms with Gasteiger partial charge in [0.15, 0.2) is 4.67 Å². The van der Waals surface area contributed by atoms with E-state index in [0.29, 0.717) is 28.9 Å². The minimum absolute atomic E-state index is 0.123. The molecule has 0 aliphatic heterocycles. The van der Waals surface area contributed by atoms with Gasteiger partial charge in [-0.15, -0.1) is 0 Å². The van der Waals surface area contributed by atoms with E-state index in [1.165, 1.54) is 0 Å². The van der Waals surface area contributed by atoms with Crippen LogP contribution in [0.15, 0.2) is 31.8 Å². The first-order chi connectivity index (χ1) is 8.97. The predicted molar refractivity (Wildman–Crippen MR) is 80.5 cm³/mol. The van der Waals surface area contributed by atoms with Crippen molar-refractivity contribution in [3.05, 3.63) is 55.6 Å². The van der Waals surface area contributed by atoms with Gasteiger partial charge in [-0.2, -0.15) is 0 Å². The lowest BCUT2D eigenvalue weighted by Crippen LogP contribution is -2.12. The normalized spacial score (nSPS) is 11.0. The smallest absolute Gasteiger partial charge is 0.183 e. The van der Waals surface area contributed by atoms with Crippen LogP contribution in [0.2, 0.25) is 0 Å². The second-order valence-electron chi connectivity index (χ2n) is 4.48. The average molecular weight is 391 g/mol. The molecule has 0 atom stereocenters. The first-order valence-electron chi connectivity index (χ1n) is 5.87. The predicted octanol–water partition coefficient (Wildman–Crippen LogP) is 4.85. The molecule has 1 heterocycles. The molecular weight excluding hydrogens is 377 g/mol. The summed E-state index contributed by atoms with van der Waals surface area (Å²) in [5, 5.41) is 3.27. The summed E-state index contributed by atoms with van der Waals surface area (Å²) in [5.74, 6) is 0.719. The fourth-order valence-corrected chi connectivity index (χ4v) is 2.60. The van der Waals surface area contributed by atoms with E-state index in [1.54, 1.807) is 13.8 Å². The number of hydrogen-bond donors (Lipinski definition) is 1. The summed E-state index contributed by atoms with van der Waals surface area (Å²) in [5.41, 5.74) is 2.43. The van der Waals surface area contributed by atoms with E-state index in [4.69, 9.17) is 4.42 Å². The summed E-state index contributed by atoms with van der Waals surface area (Å²) >= 11 is 6.67. The van der Waals surface area contributed by atoms with E-state index in [1.807, 2.05) is 18.2 Å². The van der Waals surface area contributed by atoms with Gasteiger partial charge in [0, 0.05) is 6.54 Å². The zero-order valence-electron chi connectivity index (χ0n) is 10.7. The maximum absolute atomic E-state index is 13.5. The number of benzene rings is 1. The highest BCUT2D eigenvalue weighted by molar-refractivity contribution is 9.13. The standard InChI is InChI=1S/C14H14Br2FNO/c1-8-3-10(4-9(2)13(8)17)6-18-7-11-5-12(15)14(16)19-11/h3-5,18H,6-7H2,1-2H3. The lowest BCUT2D eigenvalue weighted by atomic mass is 10.1. The van der Waals surface area contributed by atoms with Crippen molar-refractivity contribution < 1.29 is 8.81 Å². The van der Waals surface area contributed by atoms with Crippen molar-refractivity contribution in [1.82, 2.24) is 5.32 Å². The van der Waals surface area contributed by atoms with Crippen molar-refractivity contribution in [1.29, 1.82) is 0 Å². The SMILES string of the molecule is Cc1cc(CNCc2cc(Br)c(Br)o2)cc(C)c1F. The third kappa shape index (κ3) is 3.68. The zero-order chi connectivity index (χ0) is 14.0. The van der Waals surface area contributed by atoms with E-state index < -0.39 is 0 Å². The van der Waals surface area contributed by atoms with Crippen molar-refractivity contribution in [2.24, 2.45) is 0 Å². The van der Waals surface area contributed by atoms with Crippen molar-refractivity contribution in [2.45, 2.75) is 26.9 Å². The Morgan fingerprint density at radius 2 is 1.74 bits per heavy atom. The summed E-state index contributed by atoms with van der Waals surface area (Å²) in [6.45, 7) is 4.87. The van der Waals surface area contributed by atoms with Crippen molar-refractivity contribution in [2.75, 3.05) is 0 Å². The summed E-state index contributed by atoms with van der Waals surface area (Å²) < 4.78 is 20.6. The fourth-order valence-electron chi connectivity index (χ4n) is 1.95. The van der Waals surface area contributed by atoms with Gasteiger partial charge < -0.3 is 9.73 Å². The van der Waals surface area contributed by atoms with Gasteiger partial charge >= 0.3 is 0 Å². The Morgan fingerprint density at radius 1 is 1.11 bits per heavy atom. The lowest BCUT2D eigenvalue weighted by molar-refractivity contribution is 0.464. The zero-order valence-corrected chi connectivity index (χ0v) is 13.9. The fraction of sp³-hybridized carbons (Fsp3) is 0.286. The molecule has 0 spiro atoms. The minimum Gasteiger partial charge on any atom is -0.452 e. The average Bonchev–Trinajstić information content (AvgIpc) is 2.65. The highest BCUT2D eigenvalue weighted by Gasteiger charge is 2.07. The van der Waals surface area contributed by atoms with Gasteiger partial charge in [0.2, 0.25) is 0 Å². The molecule has 2 nitrogen and oxygen atoms in total. The molecule has 0 unspecified atom stereocenters. The Kier molecular flexibility index (Phi) is 4.81.